The number of hydrogen-bond acceptors (Lipinski definition) is 7. The molecule has 1 amide bonds. The molecule has 0 atom stereocenters. The van der Waals surface area contributed by atoms with Crippen molar-refractivity contribution in [1.29, 1.82) is 0 Å². The molecule has 0 saturated carbocycles. The summed E-state index contributed by atoms with van der Waals surface area (Å²) in [6.45, 7) is 4.77. The zero-order valence-corrected chi connectivity index (χ0v) is 20.1. The molecule has 34 heavy (non-hydrogen) atoms. The van der Waals surface area contributed by atoms with Crippen LogP contribution in [0.5, 0.6) is 11.5 Å². The summed E-state index contributed by atoms with van der Waals surface area (Å²) in [6.07, 6.45) is 6.24. The number of aryl methyl sites for hydroxylation is 1. The number of ether oxygens (including phenoxy) is 2. The molecule has 2 N–H and O–H groups in total. The van der Waals surface area contributed by atoms with Crippen LogP contribution in [0.2, 0.25) is 0 Å². The van der Waals surface area contributed by atoms with E-state index in [2.05, 4.69) is 25.5 Å². The number of methoxy groups -OCH3 is 2. The van der Waals surface area contributed by atoms with Crippen molar-refractivity contribution in [3.05, 3.63) is 65.9 Å². The highest BCUT2D eigenvalue weighted by molar-refractivity contribution is 5.60. The van der Waals surface area contributed by atoms with E-state index in [-0.39, 0.29) is 0 Å². The Balaban J connectivity index is 0.000000248. The molecule has 2 aromatic carbocycles. The third-order valence-corrected chi connectivity index (χ3v) is 5.44. The van der Waals surface area contributed by atoms with Gasteiger partial charge in [0.05, 0.1) is 14.2 Å². The number of amides is 1. The number of carbonyl (C=O) groups excluding carboxylic acids is 1. The first kappa shape index (κ1) is 24.8. The second-order valence-corrected chi connectivity index (χ2v) is 8.00. The van der Waals surface area contributed by atoms with Gasteiger partial charge in [0.15, 0.2) is 0 Å². The summed E-state index contributed by atoms with van der Waals surface area (Å²) in [4.78, 5) is 21.2. The number of piperidine rings is 1. The van der Waals surface area contributed by atoms with Crippen molar-refractivity contribution in [2.24, 2.45) is 0 Å². The van der Waals surface area contributed by atoms with E-state index in [1.807, 2.05) is 55.5 Å². The lowest BCUT2D eigenvalue weighted by molar-refractivity contribution is -0.109. The second-order valence-electron chi connectivity index (χ2n) is 8.00. The topological polar surface area (TPSA) is 88.6 Å². The zero-order chi connectivity index (χ0) is 24.2. The van der Waals surface area contributed by atoms with Gasteiger partial charge in [-0.25, -0.2) is 4.98 Å². The lowest BCUT2D eigenvalue weighted by atomic mass is 10.1. The lowest BCUT2D eigenvalue weighted by Gasteiger charge is -2.27. The molecular formula is C26H33N5O3. The summed E-state index contributed by atoms with van der Waals surface area (Å²) >= 11 is 0. The predicted molar refractivity (Wildman–Crippen MR) is 135 cm³/mol. The van der Waals surface area contributed by atoms with E-state index in [0.717, 1.165) is 41.7 Å². The van der Waals surface area contributed by atoms with Crippen molar-refractivity contribution in [3.63, 3.8) is 0 Å². The van der Waals surface area contributed by atoms with E-state index >= 15 is 0 Å². The Kier molecular flexibility index (Phi) is 9.52. The van der Waals surface area contributed by atoms with Crippen molar-refractivity contribution in [3.8, 4) is 11.5 Å². The molecule has 180 valence electrons. The number of rotatable bonds is 8. The van der Waals surface area contributed by atoms with Crippen LogP contribution in [0.25, 0.3) is 0 Å². The minimum atomic E-state index is 0.573. The van der Waals surface area contributed by atoms with Crippen LogP contribution >= 0.6 is 0 Å². The van der Waals surface area contributed by atoms with E-state index in [1.54, 1.807) is 20.4 Å². The quantitative estimate of drug-likeness (QED) is 0.477. The van der Waals surface area contributed by atoms with Crippen LogP contribution in [-0.2, 0) is 11.3 Å². The fourth-order valence-electron chi connectivity index (χ4n) is 3.58. The van der Waals surface area contributed by atoms with Gasteiger partial charge < -0.3 is 25.0 Å². The van der Waals surface area contributed by atoms with Gasteiger partial charge in [-0.05, 0) is 37.8 Å². The maximum absolute atomic E-state index is 9.93. The molecule has 0 spiro atoms. The molecule has 1 aromatic heterocycles. The van der Waals surface area contributed by atoms with Crippen molar-refractivity contribution < 1.29 is 14.3 Å². The van der Waals surface area contributed by atoms with Crippen LogP contribution < -0.4 is 25.0 Å². The fraction of sp³-hybridized carbons (Fsp3) is 0.346. The molecule has 3 aromatic rings. The SMILES string of the molecule is COc1cc(Nc2nccc(N3CCCCC3)n2)cc(OC)c1.Cc1ccc(CNC=O)cc1. The molecule has 1 aliphatic rings. The molecule has 2 heterocycles. The van der Waals surface area contributed by atoms with Gasteiger partial charge in [-0.2, -0.15) is 4.98 Å². The van der Waals surface area contributed by atoms with Gasteiger partial charge in [-0.3, -0.25) is 4.79 Å². The van der Waals surface area contributed by atoms with Gasteiger partial charge in [0.2, 0.25) is 12.4 Å². The Hall–Kier alpha value is -3.81. The maximum Gasteiger partial charge on any atom is 0.229 e. The highest BCUT2D eigenvalue weighted by Gasteiger charge is 2.13. The van der Waals surface area contributed by atoms with Crippen molar-refractivity contribution >= 4 is 23.9 Å². The largest absolute Gasteiger partial charge is 0.497 e. The normalized spacial score (nSPS) is 12.7. The van der Waals surface area contributed by atoms with Gasteiger partial charge in [0.25, 0.3) is 0 Å². The van der Waals surface area contributed by atoms with E-state index in [1.165, 1.54) is 24.8 Å². The van der Waals surface area contributed by atoms with Gasteiger partial charge in [0.1, 0.15) is 17.3 Å². The van der Waals surface area contributed by atoms with E-state index in [4.69, 9.17) is 9.47 Å². The molecule has 0 unspecified atom stereocenters. The first-order valence-corrected chi connectivity index (χ1v) is 11.4. The number of anilines is 3. The van der Waals surface area contributed by atoms with Crippen LogP contribution in [-0.4, -0.2) is 43.7 Å². The number of nitrogens with zero attached hydrogens (tertiary/aromatic N) is 3. The van der Waals surface area contributed by atoms with E-state index < -0.39 is 0 Å². The Morgan fingerprint density at radius 3 is 2.26 bits per heavy atom. The molecule has 1 saturated heterocycles. The summed E-state index contributed by atoms with van der Waals surface area (Å²) in [5.41, 5.74) is 3.19. The molecule has 8 nitrogen and oxygen atoms in total. The molecule has 1 fully saturated rings. The van der Waals surface area contributed by atoms with Crippen LogP contribution in [0.1, 0.15) is 30.4 Å². The van der Waals surface area contributed by atoms with Gasteiger partial charge in [-0.1, -0.05) is 29.8 Å². The number of hydrogen-bond donors (Lipinski definition) is 2. The molecule has 0 radical (unpaired) electrons. The summed E-state index contributed by atoms with van der Waals surface area (Å²) in [5.74, 6) is 2.98. The summed E-state index contributed by atoms with van der Waals surface area (Å²) < 4.78 is 10.6. The monoisotopic (exact) mass is 463 g/mol. The molecule has 1 aliphatic heterocycles. The first-order chi connectivity index (χ1) is 16.6. The first-order valence-electron chi connectivity index (χ1n) is 11.4. The Labute approximate surface area is 201 Å². The third-order valence-electron chi connectivity index (χ3n) is 5.44. The number of nitrogens with one attached hydrogen (secondary N) is 2. The molecule has 0 bridgehead atoms. The molecule has 0 aliphatic carbocycles. The maximum atomic E-state index is 9.93. The summed E-state index contributed by atoms with van der Waals surface area (Å²) in [6, 6.07) is 15.6. The highest BCUT2D eigenvalue weighted by Crippen LogP contribution is 2.27. The number of aromatic nitrogens is 2. The third kappa shape index (κ3) is 7.65. The van der Waals surface area contributed by atoms with Crippen LogP contribution in [0.4, 0.5) is 17.5 Å². The summed E-state index contributed by atoms with van der Waals surface area (Å²) in [7, 11) is 3.26. The average molecular weight is 464 g/mol. The number of carbonyl (C=O) groups is 1. The average Bonchev–Trinajstić information content (AvgIpc) is 2.89. The standard InChI is InChI=1S/C17H22N4O2.C9H11NO/c1-22-14-10-13(11-15(12-14)23-2)19-17-18-7-6-16(20-17)21-8-4-3-5-9-21;1-8-2-4-9(5-3-8)6-10-7-11/h6-7,10-12H,3-5,8-9H2,1-2H3,(H,18,19,20);2-5,7H,6H2,1H3,(H,10,11). The van der Waals surface area contributed by atoms with Crippen molar-refractivity contribution in [1.82, 2.24) is 15.3 Å². The van der Waals surface area contributed by atoms with Crippen LogP contribution in [0, 0.1) is 6.92 Å². The van der Waals surface area contributed by atoms with Crippen LogP contribution in [0.3, 0.4) is 0 Å². The van der Waals surface area contributed by atoms with E-state index in [9.17, 15) is 4.79 Å². The Bertz CT molecular complexity index is 1010. The highest BCUT2D eigenvalue weighted by atomic mass is 16.5. The predicted octanol–water partition coefficient (Wildman–Crippen LogP) is 4.47. The Morgan fingerprint density at radius 1 is 0.971 bits per heavy atom. The van der Waals surface area contributed by atoms with Gasteiger partial charge >= 0.3 is 0 Å². The van der Waals surface area contributed by atoms with E-state index in [0.29, 0.717) is 18.9 Å². The lowest BCUT2D eigenvalue weighted by Crippen LogP contribution is -2.30. The minimum Gasteiger partial charge on any atom is -0.497 e. The van der Waals surface area contributed by atoms with Crippen molar-refractivity contribution in [2.75, 3.05) is 37.5 Å². The molecule has 4 rings (SSSR count). The zero-order valence-electron chi connectivity index (χ0n) is 20.1. The minimum absolute atomic E-state index is 0.573. The second kappa shape index (κ2) is 13.0. The Morgan fingerprint density at radius 2 is 1.65 bits per heavy atom. The van der Waals surface area contributed by atoms with Gasteiger partial charge in [0, 0.05) is 49.7 Å². The number of benzene rings is 2. The van der Waals surface area contributed by atoms with Crippen LogP contribution in [0.15, 0.2) is 54.7 Å². The molecular weight excluding hydrogens is 430 g/mol. The smallest absolute Gasteiger partial charge is 0.229 e. The summed E-state index contributed by atoms with van der Waals surface area (Å²) in [5, 5.41) is 5.83. The molecule has 8 heteroatoms. The van der Waals surface area contributed by atoms with Crippen molar-refractivity contribution in [2.45, 2.75) is 32.7 Å². The fourth-order valence-corrected chi connectivity index (χ4v) is 3.58. The van der Waals surface area contributed by atoms with Gasteiger partial charge in [-0.15, -0.1) is 0 Å².